The van der Waals surface area contributed by atoms with Gasteiger partial charge in [0.15, 0.2) is 0 Å². The van der Waals surface area contributed by atoms with Gasteiger partial charge in [-0.1, -0.05) is 0 Å². The van der Waals surface area contributed by atoms with Crippen LogP contribution in [0, 0.1) is 0 Å². The lowest BCUT2D eigenvalue weighted by atomic mass is 10.1. The maximum atomic E-state index is 5.51. The van der Waals surface area contributed by atoms with Gasteiger partial charge in [0.05, 0.1) is 6.10 Å². The van der Waals surface area contributed by atoms with Crippen molar-refractivity contribution < 1.29 is 4.74 Å². The fraction of sp³-hybridized carbons (Fsp3) is 1.00. The van der Waals surface area contributed by atoms with Gasteiger partial charge in [0.25, 0.3) is 0 Å². The van der Waals surface area contributed by atoms with E-state index < -0.39 is 0 Å². The van der Waals surface area contributed by atoms with Crippen molar-refractivity contribution in [3.8, 4) is 0 Å². The summed E-state index contributed by atoms with van der Waals surface area (Å²) in [6, 6.07) is 0.713. The predicted octanol–water partition coefficient (Wildman–Crippen LogP) is 1.88. The molecule has 1 rings (SSSR count). The molecule has 16 heavy (non-hydrogen) atoms. The van der Waals surface area contributed by atoms with Crippen molar-refractivity contribution in [3.63, 3.8) is 0 Å². The van der Waals surface area contributed by atoms with E-state index in [1.54, 1.807) is 0 Å². The van der Waals surface area contributed by atoms with Gasteiger partial charge < -0.3 is 15.0 Å². The van der Waals surface area contributed by atoms with Crippen LogP contribution < -0.4 is 5.32 Å². The van der Waals surface area contributed by atoms with Crippen molar-refractivity contribution in [1.29, 1.82) is 0 Å². The zero-order valence-electron chi connectivity index (χ0n) is 11.2. The van der Waals surface area contributed by atoms with E-state index in [-0.39, 0.29) is 0 Å². The van der Waals surface area contributed by atoms with Crippen LogP contribution in [0.2, 0.25) is 0 Å². The Kier molecular flexibility index (Phi) is 7.01. The number of nitrogens with one attached hydrogen (secondary N) is 1. The predicted molar refractivity (Wildman–Crippen MR) is 68.8 cm³/mol. The summed E-state index contributed by atoms with van der Waals surface area (Å²) in [4.78, 5) is 2.42. The van der Waals surface area contributed by atoms with Crippen LogP contribution in [0.25, 0.3) is 0 Å². The second-order valence-corrected chi connectivity index (χ2v) is 5.18. The van der Waals surface area contributed by atoms with Gasteiger partial charge in [-0.25, -0.2) is 0 Å². The molecule has 1 aliphatic rings. The normalized spacial score (nSPS) is 22.9. The van der Waals surface area contributed by atoms with Crippen LogP contribution in [-0.2, 0) is 4.74 Å². The van der Waals surface area contributed by atoms with Gasteiger partial charge in [0.1, 0.15) is 0 Å². The lowest BCUT2D eigenvalue weighted by Gasteiger charge is -2.30. The molecule has 3 nitrogen and oxygen atoms in total. The average Bonchev–Trinajstić information content (AvgIpc) is 2.23. The lowest BCUT2D eigenvalue weighted by molar-refractivity contribution is 0.0758. The van der Waals surface area contributed by atoms with Gasteiger partial charge >= 0.3 is 0 Å². The number of rotatable bonds is 7. The molecule has 1 saturated heterocycles. The van der Waals surface area contributed by atoms with Gasteiger partial charge in [-0.05, 0) is 59.7 Å². The number of unbranched alkanes of at least 4 members (excludes halogenated alkanes) is 1. The Hall–Kier alpha value is -0.120. The van der Waals surface area contributed by atoms with E-state index in [9.17, 15) is 0 Å². The first-order chi connectivity index (χ1) is 7.68. The highest BCUT2D eigenvalue weighted by Gasteiger charge is 2.15. The molecule has 1 unspecified atom stereocenters. The van der Waals surface area contributed by atoms with E-state index in [0.717, 1.165) is 13.2 Å². The third-order valence-electron chi connectivity index (χ3n) is 3.08. The first kappa shape index (κ1) is 13.9. The molecule has 0 radical (unpaired) electrons. The molecule has 0 aromatic heterocycles. The van der Waals surface area contributed by atoms with Crippen LogP contribution in [0.5, 0.6) is 0 Å². The van der Waals surface area contributed by atoms with Crippen LogP contribution in [-0.4, -0.2) is 50.3 Å². The number of likely N-dealkylation sites (N-methyl/N-ethyl adjacent to an activating group) is 1. The van der Waals surface area contributed by atoms with Crippen LogP contribution in [0.3, 0.4) is 0 Å². The number of hydrogen-bond acceptors (Lipinski definition) is 3. The molecule has 96 valence electrons. The number of piperidine rings is 1. The van der Waals surface area contributed by atoms with Gasteiger partial charge in [0, 0.05) is 19.2 Å². The fourth-order valence-corrected chi connectivity index (χ4v) is 2.19. The quantitative estimate of drug-likeness (QED) is 0.673. The first-order valence-electron chi connectivity index (χ1n) is 6.72. The first-order valence-corrected chi connectivity index (χ1v) is 6.72. The standard InChI is InChI=1S/C13H28N2O/c1-12(2)16-10-5-4-8-14-13-7-6-9-15(3)11-13/h12-14H,4-11H2,1-3H3. The summed E-state index contributed by atoms with van der Waals surface area (Å²) in [5, 5.41) is 3.64. The lowest BCUT2D eigenvalue weighted by Crippen LogP contribution is -2.44. The zero-order chi connectivity index (χ0) is 11.8. The Morgan fingerprint density at radius 2 is 2.19 bits per heavy atom. The molecule has 0 spiro atoms. The highest BCUT2D eigenvalue weighted by Crippen LogP contribution is 2.07. The summed E-state index contributed by atoms with van der Waals surface area (Å²) in [7, 11) is 2.21. The van der Waals surface area contributed by atoms with Crippen molar-refractivity contribution in [3.05, 3.63) is 0 Å². The summed E-state index contributed by atoms with van der Waals surface area (Å²) in [5.41, 5.74) is 0. The van der Waals surface area contributed by atoms with E-state index in [1.807, 2.05) is 0 Å². The molecule has 1 N–H and O–H groups in total. The minimum Gasteiger partial charge on any atom is -0.379 e. The van der Waals surface area contributed by atoms with Crippen molar-refractivity contribution in [2.45, 2.75) is 51.7 Å². The SMILES string of the molecule is CC(C)OCCCCNC1CCCN(C)C1. The molecule has 0 aliphatic carbocycles. The highest BCUT2D eigenvalue weighted by atomic mass is 16.5. The number of ether oxygens (including phenoxy) is 1. The van der Waals surface area contributed by atoms with Gasteiger partial charge in [-0.3, -0.25) is 0 Å². The minimum absolute atomic E-state index is 0.375. The summed E-state index contributed by atoms with van der Waals surface area (Å²) in [5.74, 6) is 0. The second-order valence-electron chi connectivity index (χ2n) is 5.18. The molecule has 0 saturated carbocycles. The number of likely N-dealkylation sites (tertiary alicyclic amines) is 1. The van der Waals surface area contributed by atoms with Gasteiger partial charge in [-0.2, -0.15) is 0 Å². The van der Waals surface area contributed by atoms with Crippen LogP contribution >= 0.6 is 0 Å². The number of hydrogen-bond donors (Lipinski definition) is 1. The van der Waals surface area contributed by atoms with Gasteiger partial charge in [-0.15, -0.1) is 0 Å². The van der Waals surface area contributed by atoms with E-state index >= 15 is 0 Å². The largest absolute Gasteiger partial charge is 0.379 e. The van der Waals surface area contributed by atoms with E-state index in [0.29, 0.717) is 12.1 Å². The minimum atomic E-state index is 0.375. The Bertz CT molecular complexity index is 173. The molecule has 3 heteroatoms. The topological polar surface area (TPSA) is 24.5 Å². The van der Waals surface area contributed by atoms with Crippen molar-refractivity contribution in [2.75, 3.05) is 33.3 Å². The van der Waals surface area contributed by atoms with Crippen molar-refractivity contribution in [1.82, 2.24) is 10.2 Å². The third kappa shape index (κ3) is 6.46. The Balaban J connectivity index is 1.90. The Morgan fingerprint density at radius 1 is 1.38 bits per heavy atom. The molecular weight excluding hydrogens is 200 g/mol. The highest BCUT2D eigenvalue weighted by molar-refractivity contribution is 4.75. The summed E-state index contributed by atoms with van der Waals surface area (Å²) in [6.07, 6.45) is 5.46. The van der Waals surface area contributed by atoms with E-state index in [4.69, 9.17) is 4.74 Å². The molecule has 1 heterocycles. The molecule has 1 fully saturated rings. The smallest absolute Gasteiger partial charge is 0.0518 e. The van der Waals surface area contributed by atoms with Crippen LogP contribution in [0.1, 0.15) is 39.5 Å². The Morgan fingerprint density at radius 3 is 2.88 bits per heavy atom. The summed E-state index contributed by atoms with van der Waals surface area (Å²) >= 11 is 0. The second kappa shape index (κ2) is 8.04. The monoisotopic (exact) mass is 228 g/mol. The average molecular weight is 228 g/mol. The van der Waals surface area contributed by atoms with Crippen LogP contribution in [0.4, 0.5) is 0 Å². The van der Waals surface area contributed by atoms with Crippen LogP contribution in [0.15, 0.2) is 0 Å². The molecular formula is C13H28N2O. The number of nitrogens with zero attached hydrogens (tertiary/aromatic N) is 1. The van der Waals surface area contributed by atoms with Crippen molar-refractivity contribution in [2.24, 2.45) is 0 Å². The molecule has 0 aromatic rings. The van der Waals surface area contributed by atoms with E-state index in [1.165, 1.54) is 38.8 Å². The maximum absolute atomic E-state index is 5.51. The molecule has 1 atom stereocenters. The molecule has 1 aliphatic heterocycles. The summed E-state index contributed by atoms with van der Waals surface area (Å²) in [6.45, 7) is 8.71. The maximum Gasteiger partial charge on any atom is 0.0518 e. The Labute approximate surface area is 101 Å². The third-order valence-corrected chi connectivity index (χ3v) is 3.08. The fourth-order valence-electron chi connectivity index (χ4n) is 2.19. The zero-order valence-corrected chi connectivity index (χ0v) is 11.2. The molecule has 0 amide bonds. The van der Waals surface area contributed by atoms with Crippen molar-refractivity contribution >= 4 is 0 Å². The molecule has 0 aromatic carbocycles. The molecule has 0 bridgehead atoms. The summed E-state index contributed by atoms with van der Waals surface area (Å²) < 4.78 is 5.51. The van der Waals surface area contributed by atoms with Gasteiger partial charge in [0.2, 0.25) is 0 Å². The van der Waals surface area contributed by atoms with E-state index in [2.05, 4.69) is 31.1 Å².